The molecule has 0 radical (unpaired) electrons. The number of hydrogen-bond donors (Lipinski definition) is 1. The van der Waals surface area contributed by atoms with Gasteiger partial charge in [0.05, 0.1) is 10.6 Å². The summed E-state index contributed by atoms with van der Waals surface area (Å²) in [5.41, 5.74) is 3.82. The minimum Gasteiger partial charge on any atom is -0.354 e. The molecule has 1 N–H and O–H groups in total. The zero-order chi connectivity index (χ0) is 28.6. The molecule has 0 unspecified atom stereocenters. The van der Waals surface area contributed by atoms with Crippen molar-refractivity contribution in [2.75, 3.05) is 17.4 Å². The Labute approximate surface area is 232 Å². The molecule has 0 bridgehead atoms. The van der Waals surface area contributed by atoms with Crippen LogP contribution in [0.15, 0.2) is 77.7 Å². The third-order valence-electron chi connectivity index (χ3n) is 6.65. The summed E-state index contributed by atoms with van der Waals surface area (Å²) in [6.45, 7) is 9.66. The molecule has 208 valence electrons. The Morgan fingerprint density at radius 1 is 0.872 bits per heavy atom. The third-order valence-corrected chi connectivity index (χ3v) is 8.43. The summed E-state index contributed by atoms with van der Waals surface area (Å²) in [6, 6.07) is 20.8. The standard InChI is InChI=1S/C31H39N3O4S/c1-6-19-32-31(36)28(7-2)33(21-26-11-9-8-10-12-26)30(35)22-34(29-20-24(4)13-16-25(29)5)39(37,38)27-17-14-23(3)15-18-27/h8-18,20,28H,6-7,19,21-22H2,1-5H3,(H,32,36)/t28-/m1/s1. The zero-order valence-electron chi connectivity index (χ0n) is 23.5. The second-order valence-electron chi connectivity index (χ2n) is 9.84. The van der Waals surface area contributed by atoms with E-state index in [1.165, 1.54) is 9.21 Å². The number of hydrogen-bond acceptors (Lipinski definition) is 4. The maximum atomic E-state index is 14.1. The first-order valence-corrected chi connectivity index (χ1v) is 14.8. The number of sulfonamides is 1. The number of rotatable bonds is 12. The Balaban J connectivity index is 2.08. The molecule has 1 atom stereocenters. The first-order valence-electron chi connectivity index (χ1n) is 13.4. The highest BCUT2D eigenvalue weighted by atomic mass is 32.2. The van der Waals surface area contributed by atoms with Crippen LogP contribution in [0.3, 0.4) is 0 Å². The summed E-state index contributed by atoms with van der Waals surface area (Å²) in [7, 11) is -4.09. The van der Waals surface area contributed by atoms with Crippen molar-refractivity contribution in [3.63, 3.8) is 0 Å². The van der Waals surface area contributed by atoms with Crippen molar-refractivity contribution in [1.29, 1.82) is 0 Å². The van der Waals surface area contributed by atoms with Crippen LogP contribution in [-0.4, -0.2) is 44.3 Å². The van der Waals surface area contributed by atoms with E-state index in [2.05, 4.69) is 5.32 Å². The lowest BCUT2D eigenvalue weighted by atomic mass is 10.1. The molecule has 0 saturated carbocycles. The highest BCUT2D eigenvalue weighted by Gasteiger charge is 2.34. The van der Waals surface area contributed by atoms with Gasteiger partial charge < -0.3 is 10.2 Å². The molecule has 8 heteroatoms. The number of anilines is 1. The second kappa shape index (κ2) is 13.4. The highest BCUT2D eigenvalue weighted by Crippen LogP contribution is 2.29. The van der Waals surface area contributed by atoms with Crippen LogP contribution < -0.4 is 9.62 Å². The summed E-state index contributed by atoms with van der Waals surface area (Å²) in [4.78, 5) is 28.8. The van der Waals surface area contributed by atoms with Gasteiger partial charge in [0, 0.05) is 13.1 Å². The molecule has 3 aromatic carbocycles. The molecule has 0 saturated heterocycles. The molecule has 2 amide bonds. The largest absolute Gasteiger partial charge is 0.354 e. The first-order chi connectivity index (χ1) is 18.6. The Bertz CT molecular complexity index is 1370. The second-order valence-corrected chi connectivity index (χ2v) is 11.7. The highest BCUT2D eigenvalue weighted by molar-refractivity contribution is 7.92. The van der Waals surface area contributed by atoms with E-state index in [4.69, 9.17) is 0 Å². The smallest absolute Gasteiger partial charge is 0.264 e. The summed E-state index contributed by atoms with van der Waals surface area (Å²) in [5.74, 6) is -0.697. The van der Waals surface area contributed by atoms with Crippen LogP contribution in [0.1, 0.15) is 48.9 Å². The van der Waals surface area contributed by atoms with E-state index in [-0.39, 0.29) is 17.3 Å². The molecule has 0 aromatic heterocycles. The number of carbonyl (C=O) groups is 2. The molecule has 39 heavy (non-hydrogen) atoms. The molecule has 0 fully saturated rings. The molecule has 0 aliphatic carbocycles. The minimum absolute atomic E-state index is 0.101. The van der Waals surface area contributed by atoms with E-state index in [0.29, 0.717) is 18.7 Å². The van der Waals surface area contributed by atoms with Crippen molar-refractivity contribution in [2.45, 2.75) is 64.9 Å². The summed E-state index contributed by atoms with van der Waals surface area (Å²) >= 11 is 0. The molecular formula is C31H39N3O4S. The molecule has 0 spiro atoms. The van der Waals surface area contributed by atoms with Crippen molar-refractivity contribution in [3.8, 4) is 0 Å². The SMILES string of the molecule is CCCNC(=O)[C@@H](CC)N(Cc1ccccc1)C(=O)CN(c1cc(C)ccc1C)S(=O)(=O)c1ccc(C)cc1. The van der Waals surface area contributed by atoms with Gasteiger partial charge in [0.1, 0.15) is 12.6 Å². The molecule has 0 aliphatic rings. The fraction of sp³-hybridized carbons (Fsp3) is 0.355. The Kier molecular flexibility index (Phi) is 10.3. The normalized spacial score (nSPS) is 12.0. The van der Waals surface area contributed by atoms with Gasteiger partial charge in [0.2, 0.25) is 11.8 Å². The van der Waals surface area contributed by atoms with Crippen LogP contribution in [0.25, 0.3) is 0 Å². The Morgan fingerprint density at radius 3 is 2.13 bits per heavy atom. The molecule has 7 nitrogen and oxygen atoms in total. The van der Waals surface area contributed by atoms with Gasteiger partial charge in [-0.2, -0.15) is 0 Å². The van der Waals surface area contributed by atoms with E-state index in [1.807, 2.05) is 77.1 Å². The van der Waals surface area contributed by atoms with Crippen molar-refractivity contribution >= 4 is 27.5 Å². The van der Waals surface area contributed by atoms with Crippen LogP contribution in [0.2, 0.25) is 0 Å². The van der Waals surface area contributed by atoms with Gasteiger partial charge in [-0.3, -0.25) is 13.9 Å². The molecule has 0 heterocycles. The third kappa shape index (κ3) is 7.47. The average Bonchev–Trinajstić information content (AvgIpc) is 2.92. The van der Waals surface area contributed by atoms with Gasteiger partial charge in [-0.15, -0.1) is 0 Å². The van der Waals surface area contributed by atoms with Crippen LogP contribution in [-0.2, 0) is 26.2 Å². The number of nitrogens with one attached hydrogen (secondary N) is 1. The predicted octanol–water partition coefficient (Wildman–Crippen LogP) is 5.14. The minimum atomic E-state index is -4.09. The van der Waals surface area contributed by atoms with Gasteiger partial charge >= 0.3 is 0 Å². The van der Waals surface area contributed by atoms with Crippen LogP contribution in [0.5, 0.6) is 0 Å². The Hall–Kier alpha value is -3.65. The van der Waals surface area contributed by atoms with Crippen molar-refractivity contribution in [1.82, 2.24) is 10.2 Å². The predicted molar refractivity (Wildman–Crippen MR) is 156 cm³/mol. The first kappa shape index (κ1) is 29.9. The fourth-order valence-electron chi connectivity index (χ4n) is 4.40. The zero-order valence-corrected chi connectivity index (χ0v) is 24.3. The number of nitrogens with zero attached hydrogens (tertiary/aromatic N) is 2. The fourth-order valence-corrected chi connectivity index (χ4v) is 5.88. The van der Waals surface area contributed by atoms with Gasteiger partial charge in [0.15, 0.2) is 0 Å². The monoisotopic (exact) mass is 549 g/mol. The molecule has 0 aliphatic heterocycles. The summed E-state index contributed by atoms with van der Waals surface area (Å²) in [5, 5.41) is 2.90. The number of carbonyl (C=O) groups excluding carboxylic acids is 2. The number of aryl methyl sites for hydroxylation is 3. The van der Waals surface area contributed by atoms with Crippen LogP contribution in [0.4, 0.5) is 5.69 Å². The van der Waals surface area contributed by atoms with Gasteiger partial charge in [-0.1, -0.05) is 74.0 Å². The van der Waals surface area contributed by atoms with Crippen molar-refractivity contribution in [2.24, 2.45) is 0 Å². The van der Waals surface area contributed by atoms with Gasteiger partial charge in [0.25, 0.3) is 10.0 Å². The van der Waals surface area contributed by atoms with Crippen LogP contribution >= 0.6 is 0 Å². The maximum Gasteiger partial charge on any atom is 0.264 e. The van der Waals surface area contributed by atoms with E-state index < -0.39 is 28.5 Å². The molecule has 3 rings (SSSR count). The maximum absolute atomic E-state index is 14.1. The van der Waals surface area contributed by atoms with Crippen molar-refractivity contribution in [3.05, 3.63) is 95.1 Å². The Morgan fingerprint density at radius 2 is 1.51 bits per heavy atom. The lowest BCUT2D eigenvalue weighted by molar-refractivity contribution is -0.140. The van der Waals surface area contributed by atoms with Gasteiger partial charge in [-0.25, -0.2) is 8.42 Å². The average molecular weight is 550 g/mol. The summed E-state index contributed by atoms with van der Waals surface area (Å²) < 4.78 is 29.2. The van der Waals surface area contributed by atoms with Crippen molar-refractivity contribution < 1.29 is 18.0 Å². The number of amides is 2. The van der Waals surface area contributed by atoms with E-state index in [0.717, 1.165) is 28.7 Å². The molecule has 3 aromatic rings. The lowest BCUT2D eigenvalue weighted by Crippen LogP contribution is -2.52. The van der Waals surface area contributed by atoms with Gasteiger partial charge in [-0.05, 0) is 68.5 Å². The molecular weight excluding hydrogens is 510 g/mol. The quantitative estimate of drug-likeness (QED) is 0.339. The van der Waals surface area contributed by atoms with Crippen LogP contribution in [0, 0.1) is 20.8 Å². The topological polar surface area (TPSA) is 86.8 Å². The summed E-state index contributed by atoms with van der Waals surface area (Å²) in [6.07, 6.45) is 1.16. The van der Waals surface area contributed by atoms with E-state index in [9.17, 15) is 18.0 Å². The van der Waals surface area contributed by atoms with E-state index in [1.54, 1.807) is 30.3 Å². The lowest BCUT2D eigenvalue weighted by Gasteiger charge is -2.33. The van der Waals surface area contributed by atoms with E-state index >= 15 is 0 Å². The number of benzene rings is 3.